The van der Waals surface area contributed by atoms with Crippen LogP contribution in [0.15, 0.2) is 54.6 Å². The van der Waals surface area contributed by atoms with Gasteiger partial charge in [-0.2, -0.15) is 4.89 Å². The number of benzene rings is 2. The van der Waals surface area contributed by atoms with Crippen LogP contribution in [0.25, 0.3) is 5.57 Å². The van der Waals surface area contributed by atoms with E-state index in [2.05, 4.69) is 0 Å². The second kappa shape index (κ2) is 6.23. The van der Waals surface area contributed by atoms with E-state index >= 15 is 0 Å². The Kier molecular flexibility index (Phi) is 3.93. The van der Waals surface area contributed by atoms with Crippen LogP contribution in [-0.4, -0.2) is 11.9 Å². The molecule has 0 unspecified atom stereocenters. The van der Waals surface area contributed by atoms with E-state index in [1.165, 1.54) is 24.3 Å². The normalized spacial score (nSPS) is 29.0. The molecular formula is C22H20F2O3. The molecule has 0 amide bonds. The van der Waals surface area contributed by atoms with Gasteiger partial charge < -0.3 is 4.74 Å². The summed E-state index contributed by atoms with van der Waals surface area (Å²) in [6.07, 6.45) is 5.99. The molecule has 1 saturated heterocycles. The molecule has 0 aromatic heterocycles. The smallest absolute Gasteiger partial charge is 0.202 e. The van der Waals surface area contributed by atoms with Crippen LogP contribution in [0.2, 0.25) is 0 Å². The monoisotopic (exact) mass is 370 g/mol. The van der Waals surface area contributed by atoms with Gasteiger partial charge in [0.05, 0.1) is 0 Å². The summed E-state index contributed by atoms with van der Waals surface area (Å²) in [6.45, 7) is 0. The minimum atomic E-state index is -0.939. The maximum Gasteiger partial charge on any atom is 0.202 e. The van der Waals surface area contributed by atoms with Crippen molar-refractivity contribution in [1.82, 2.24) is 0 Å². The zero-order valence-corrected chi connectivity index (χ0v) is 14.8. The molecule has 1 heterocycles. The summed E-state index contributed by atoms with van der Waals surface area (Å²) >= 11 is 0. The molecule has 0 bridgehead atoms. The van der Waals surface area contributed by atoms with Gasteiger partial charge in [0.25, 0.3) is 0 Å². The Balaban J connectivity index is 1.56. The van der Waals surface area contributed by atoms with Crippen molar-refractivity contribution in [3.8, 4) is 0 Å². The van der Waals surface area contributed by atoms with Crippen molar-refractivity contribution in [3.63, 3.8) is 0 Å². The second-order valence-corrected chi connectivity index (χ2v) is 7.57. The van der Waals surface area contributed by atoms with Crippen LogP contribution in [-0.2, 0) is 20.1 Å². The van der Waals surface area contributed by atoms with Gasteiger partial charge in [-0.15, -0.1) is 0 Å². The lowest BCUT2D eigenvalue weighted by atomic mass is 9.90. The predicted octanol–water partition coefficient (Wildman–Crippen LogP) is 5.26. The van der Waals surface area contributed by atoms with Crippen molar-refractivity contribution >= 4 is 5.57 Å². The fraction of sp³-hybridized carbons (Fsp3) is 0.364. The molecule has 1 spiro atoms. The number of halogens is 2. The zero-order valence-electron chi connectivity index (χ0n) is 14.8. The van der Waals surface area contributed by atoms with Crippen molar-refractivity contribution in [3.05, 3.63) is 77.4 Å². The largest absolute Gasteiger partial charge is 0.340 e. The summed E-state index contributed by atoms with van der Waals surface area (Å²) in [4.78, 5) is 11.8. The topological polar surface area (TPSA) is 27.7 Å². The SMILES string of the molecule is Fc1ccc(C2=C[C@]3(c4ccc(F)cc4)OOC4(CCCC4)O[C@@H]3C2)cc1. The number of hydrogen-bond acceptors (Lipinski definition) is 3. The quantitative estimate of drug-likeness (QED) is 0.675. The van der Waals surface area contributed by atoms with Gasteiger partial charge in [0.15, 0.2) is 5.60 Å². The van der Waals surface area contributed by atoms with E-state index in [0.717, 1.165) is 42.4 Å². The van der Waals surface area contributed by atoms with Crippen LogP contribution >= 0.6 is 0 Å². The van der Waals surface area contributed by atoms with Crippen LogP contribution in [0.1, 0.15) is 43.2 Å². The van der Waals surface area contributed by atoms with Gasteiger partial charge in [-0.05, 0) is 59.9 Å². The third-order valence-corrected chi connectivity index (χ3v) is 5.84. The van der Waals surface area contributed by atoms with Gasteiger partial charge in [-0.1, -0.05) is 24.3 Å². The van der Waals surface area contributed by atoms with Crippen LogP contribution in [0.4, 0.5) is 8.78 Å². The van der Waals surface area contributed by atoms with Crippen molar-refractivity contribution in [2.75, 3.05) is 0 Å². The Labute approximate surface area is 156 Å². The highest BCUT2D eigenvalue weighted by molar-refractivity contribution is 5.71. The maximum atomic E-state index is 13.5. The first-order valence-electron chi connectivity index (χ1n) is 9.37. The van der Waals surface area contributed by atoms with E-state index in [1.807, 2.05) is 6.08 Å². The average molecular weight is 370 g/mol. The molecule has 140 valence electrons. The molecule has 5 heteroatoms. The molecule has 2 aromatic carbocycles. The Hall–Kier alpha value is -2.08. The first-order valence-corrected chi connectivity index (χ1v) is 9.37. The van der Waals surface area contributed by atoms with Gasteiger partial charge in [0.1, 0.15) is 17.7 Å². The fourth-order valence-corrected chi connectivity index (χ4v) is 4.40. The van der Waals surface area contributed by atoms with E-state index in [0.29, 0.717) is 6.42 Å². The van der Waals surface area contributed by atoms with Gasteiger partial charge in [0.2, 0.25) is 5.79 Å². The van der Waals surface area contributed by atoms with Crippen molar-refractivity contribution in [1.29, 1.82) is 0 Å². The summed E-state index contributed by atoms with van der Waals surface area (Å²) in [7, 11) is 0. The summed E-state index contributed by atoms with van der Waals surface area (Å²) in [6, 6.07) is 12.6. The van der Waals surface area contributed by atoms with Crippen LogP contribution < -0.4 is 0 Å². The van der Waals surface area contributed by atoms with Gasteiger partial charge in [0, 0.05) is 19.3 Å². The molecule has 3 nitrogen and oxygen atoms in total. The summed E-state index contributed by atoms with van der Waals surface area (Å²) < 4.78 is 33.2. The second-order valence-electron chi connectivity index (χ2n) is 7.57. The molecule has 0 N–H and O–H groups in total. The number of fused-ring (bicyclic) bond motifs is 1. The lowest BCUT2D eigenvalue weighted by molar-refractivity contribution is -0.520. The van der Waals surface area contributed by atoms with Gasteiger partial charge in [-0.3, -0.25) is 0 Å². The highest BCUT2D eigenvalue weighted by Gasteiger charge is 2.57. The molecule has 27 heavy (non-hydrogen) atoms. The number of ether oxygens (including phenoxy) is 1. The first-order chi connectivity index (χ1) is 13.1. The minimum absolute atomic E-state index is 0.274. The molecule has 2 aromatic rings. The fourth-order valence-electron chi connectivity index (χ4n) is 4.40. The average Bonchev–Trinajstić information content (AvgIpc) is 3.28. The molecular weight excluding hydrogens is 350 g/mol. The Morgan fingerprint density at radius 1 is 0.815 bits per heavy atom. The van der Waals surface area contributed by atoms with E-state index in [1.54, 1.807) is 24.3 Å². The first kappa shape index (κ1) is 17.0. The standard InChI is InChI=1S/C22H20F2O3/c23-18-7-3-15(4-8-18)16-13-20-22(14-16,17-5-9-19(24)10-6-17)27-26-21(25-20)11-1-2-12-21/h3-10,14,20H,1-2,11-13H2/t20-,22-/m1/s1. The Morgan fingerprint density at radius 3 is 2.11 bits per heavy atom. The Morgan fingerprint density at radius 2 is 1.44 bits per heavy atom. The van der Waals surface area contributed by atoms with Crippen molar-refractivity contribution in [2.45, 2.75) is 49.6 Å². The zero-order chi connectivity index (χ0) is 18.5. The molecule has 2 fully saturated rings. The Bertz CT molecular complexity index is 869. The molecule has 0 radical (unpaired) electrons. The van der Waals surface area contributed by atoms with E-state index < -0.39 is 11.4 Å². The molecule has 3 aliphatic rings. The molecule has 1 aliphatic heterocycles. The van der Waals surface area contributed by atoms with Crippen molar-refractivity contribution in [2.24, 2.45) is 0 Å². The highest BCUT2D eigenvalue weighted by Crippen LogP contribution is 2.53. The van der Waals surface area contributed by atoms with Crippen molar-refractivity contribution < 1.29 is 23.3 Å². The number of hydrogen-bond donors (Lipinski definition) is 0. The third-order valence-electron chi connectivity index (χ3n) is 5.84. The van der Waals surface area contributed by atoms with E-state index in [4.69, 9.17) is 14.5 Å². The summed E-state index contributed by atoms with van der Waals surface area (Å²) in [5.41, 5.74) is 1.76. The number of rotatable bonds is 2. The highest BCUT2D eigenvalue weighted by atomic mass is 19.1. The van der Waals surface area contributed by atoms with Crippen LogP contribution in [0.5, 0.6) is 0 Å². The summed E-state index contributed by atoms with van der Waals surface area (Å²) in [5, 5.41) is 0. The maximum absolute atomic E-state index is 13.5. The minimum Gasteiger partial charge on any atom is -0.340 e. The van der Waals surface area contributed by atoms with Crippen LogP contribution in [0, 0.1) is 11.6 Å². The van der Waals surface area contributed by atoms with Crippen LogP contribution in [0.3, 0.4) is 0 Å². The van der Waals surface area contributed by atoms with E-state index in [9.17, 15) is 8.78 Å². The molecule has 2 atom stereocenters. The lowest BCUT2D eigenvalue weighted by Gasteiger charge is -2.45. The predicted molar refractivity (Wildman–Crippen MR) is 95.3 cm³/mol. The molecule has 5 rings (SSSR count). The molecule has 1 saturated carbocycles. The van der Waals surface area contributed by atoms with Gasteiger partial charge in [-0.25, -0.2) is 13.7 Å². The van der Waals surface area contributed by atoms with E-state index in [-0.39, 0.29) is 17.7 Å². The lowest BCUT2D eigenvalue weighted by Crippen LogP contribution is -2.53. The molecule has 2 aliphatic carbocycles. The third kappa shape index (κ3) is 2.81. The van der Waals surface area contributed by atoms with Gasteiger partial charge >= 0.3 is 0 Å². The summed E-state index contributed by atoms with van der Waals surface area (Å²) in [5.74, 6) is -1.28.